The Morgan fingerprint density at radius 3 is 2.40 bits per heavy atom. The van der Waals surface area contributed by atoms with E-state index in [1.54, 1.807) is 0 Å². The van der Waals surface area contributed by atoms with Gasteiger partial charge in [-0.1, -0.05) is 47.3 Å². The van der Waals surface area contributed by atoms with Crippen LogP contribution in [0.2, 0.25) is 0 Å². The Morgan fingerprint density at radius 1 is 1.07 bits per heavy atom. The minimum Gasteiger partial charge on any atom is -0.289 e. The van der Waals surface area contributed by atoms with Crippen LogP contribution < -0.4 is 0 Å². The fraction of sp³-hybridized carbons (Fsp3) is 0.462. The van der Waals surface area contributed by atoms with E-state index in [1.165, 1.54) is 37.7 Å². The summed E-state index contributed by atoms with van der Waals surface area (Å²) in [4.78, 5) is 4.64. The molecule has 0 amide bonds. The highest BCUT2D eigenvalue weighted by atomic mass is 79.9. The van der Waals surface area contributed by atoms with Gasteiger partial charge in [0.2, 0.25) is 0 Å². The van der Waals surface area contributed by atoms with Crippen molar-refractivity contribution in [2.24, 2.45) is 4.99 Å². The average Bonchev–Trinajstić information content (AvgIpc) is 2.30. The first kappa shape index (κ1) is 10.9. The predicted molar refractivity (Wildman–Crippen MR) is 68.6 cm³/mol. The maximum atomic E-state index is 4.64. The number of aliphatic imine (C=N–C) groups is 1. The molecule has 2 rings (SSSR count). The third-order valence-corrected chi connectivity index (χ3v) is 3.41. The summed E-state index contributed by atoms with van der Waals surface area (Å²) in [6.07, 6.45) is 8.65. The van der Waals surface area contributed by atoms with Crippen LogP contribution in [0.4, 0.5) is 0 Å². The highest BCUT2D eigenvalue weighted by molar-refractivity contribution is 9.10. The van der Waals surface area contributed by atoms with Gasteiger partial charge in [0.25, 0.3) is 0 Å². The molecule has 0 heterocycles. The zero-order valence-corrected chi connectivity index (χ0v) is 10.4. The van der Waals surface area contributed by atoms with Gasteiger partial charge in [-0.3, -0.25) is 4.99 Å². The van der Waals surface area contributed by atoms with Crippen molar-refractivity contribution >= 4 is 22.1 Å². The number of benzene rings is 1. The lowest BCUT2D eigenvalue weighted by Gasteiger charge is -2.16. The van der Waals surface area contributed by atoms with Gasteiger partial charge in [0.15, 0.2) is 0 Å². The van der Waals surface area contributed by atoms with Crippen molar-refractivity contribution < 1.29 is 0 Å². The molecule has 0 aromatic heterocycles. The summed E-state index contributed by atoms with van der Waals surface area (Å²) in [5.74, 6) is 0. The van der Waals surface area contributed by atoms with E-state index in [2.05, 4.69) is 45.2 Å². The van der Waals surface area contributed by atoms with Gasteiger partial charge < -0.3 is 0 Å². The molecule has 1 aromatic carbocycles. The number of halogens is 1. The predicted octanol–water partition coefficient (Wildman–Crippen LogP) is 4.20. The van der Waals surface area contributed by atoms with Crippen molar-refractivity contribution in [2.75, 3.05) is 0 Å². The van der Waals surface area contributed by atoms with Crippen LogP contribution in [0.3, 0.4) is 0 Å². The van der Waals surface area contributed by atoms with E-state index in [1.807, 2.05) is 6.21 Å². The fourth-order valence-electron chi connectivity index (χ4n) is 1.97. The van der Waals surface area contributed by atoms with Crippen molar-refractivity contribution in [3.63, 3.8) is 0 Å². The number of nitrogens with zero attached hydrogens (tertiary/aromatic N) is 1. The van der Waals surface area contributed by atoms with E-state index in [9.17, 15) is 0 Å². The average molecular weight is 266 g/mol. The normalized spacial score (nSPS) is 18.5. The third-order valence-electron chi connectivity index (χ3n) is 2.88. The molecule has 0 spiro atoms. The highest BCUT2D eigenvalue weighted by Gasteiger charge is 2.10. The van der Waals surface area contributed by atoms with Crippen LogP contribution in [0.1, 0.15) is 37.7 Å². The second kappa shape index (κ2) is 5.45. The maximum Gasteiger partial charge on any atom is 0.0499 e. The molecule has 0 bridgehead atoms. The molecule has 0 atom stereocenters. The number of hydrogen-bond acceptors (Lipinski definition) is 1. The van der Waals surface area contributed by atoms with Crippen LogP contribution in [-0.4, -0.2) is 12.3 Å². The fourth-order valence-corrected chi connectivity index (χ4v) is 2.23. The van der Waals surface area contributed by atoms with E-state index in [-0.39, 0.29) is 0 Å². The van der Waals surface area contributed by atoms with Gasteiger partial charge >= 0.3 is 0 Å². The lowest BCUT2D eigenvalue weighted by molar-refractivity contribution is 0.444. The Kier molecular flexibility index (Phi) is 3.95. The molecule has 1 aliphatic carbocycles. The van der Waals surface area contributed by atoms with Crippen molar-refractivity contribution in [1.82, 2.24) is 0 Å². The Labute approximate surface area is 99.7 Å². The molecule has 80 valence electrons. The largest absolute Gasteiger partial charge is 0.289 e. The lowest BCUT2D eigenvalue weighted by Crippen LogP contribution is -2.09. The number of hydrogen-bond donors (Lipinski definition) is 0. The van der Waals surface area contributed by atoms with Crippen LogP contribution in [0.15, 0.2) is 33.7 Å². The molecule has 2 heteroatoms. The van der Waals surface area contributed by atoms with E-state index >= 15 is 0 Å². The lowest BCUT2D eigenvalue weighted by atomic mass is 9.96. The van der Waals surface area contributed by atoms with Gasteiger partial charge in [-0.15, -0.1) is 0 Å². The van der Waals surface area contributed by atoms with Crippen LogP contribution >= 0.6 is 15.9 Å². The van der Waals surface area contributed by atoms with Crippen molar-refractivity contribution in [3.8, 4) is 0 Å². The van der Waals surface area contributed by atoms with Crippen LogP contribution in [0.25, 0.3) is 0 Å². The Balaban J connectivity index is 1.95. The minimum absolute atomic E-state index is 0.572. The second-order valence-corrected chi connectivity index (χ2v) is 5.04. The van der Waals surface area contributed by atoms with Crippen molar-refractivity contribution in [3.05, 3.63) is 34.3 Å². The molecule has 0 aliphatic heterocycles. The Morgan fingerprint density at radius 2 is 1.73 bits per heavy atom. The molecule has 0 N–H and O–H groups in total. The van der Waals surface area contributed by atoms with Crippen molar-refractivity contribution in [2.45, 2.75) is 38.1 Å². The van der Waals surface area contributed by atoms with Gasteiger partial charge in [-0.05, 0) is 30.5 Å². The summed E-state index contributed by atoms with van der Waals surface area (Å²) in [6, 6.07) is 8.87. The monoisotopic (exact) mass is 265 g/mol. The van der Waals surface area contributed by atoms with E-state index in [4.69, 9.17) is 0 Å². The summed E-state index contributed by atoms with van der Waals surface area (Å²) in [5, 5.41) is 0. The summed E-state index contributed by atoms with van der Waals surface area (Å²) < 4.78 is 1.12. The zero-order chi connectivity index (χ0) is 10.5. The molecule has 15 heavy (non-hydrogen) atoms. The molecule has 1 aromatic rings. The topological polar surface area (TPSA) is 12.4 Å². The molecule has 1 fully saturated rings. The van der Waals surface area contributed by atoms with Crippen molar-refractivity contribution in [1.29, 1.82) is 0 Å². The van der Waals surface area contributed by atoms with Gasteiger partial charge in [-0.2, -0.15) is 0 Å². The first-order valence-electron chi connectivity index (χ1n) is 5.63. The Hall–Kier alpha value is -0.630. The molecule has 1 aliphatic rings. The standard InChI is InChI=1S/C13H16BrN/c14-12-8-6-11(7-9-12)10-15-13-4-2-1-3-5-13/h6-10,13H,1-5H2. The number of rotatable bonds is 2. The van der Waals surface area contributed by atoms with E-state index in [0.717, 1.165) is 4.47 Å². The molecule has 1 saturated carbocycles. The van der Waals surface area contributed by atoms with E-state index in [0.29, 0.717) is 6.04 Å². The first-order valence-corrected chi connectivity index (χ1v) is 6.42. The van der Waals surface area contributed by atoms with Crippen LogP contribution in [0.5, 0.6) is 0 Å². The molecule has 0 saturated heterocycles. The second-order valence-electron chi connectivity index (χ2n) is 4.12. The van der Waals surface area contributed by atoms with Gasteiger partial charge in [0, 0.05) is 16.7 Å². The Bertz CT molecular complexity index is 323. The first-order chi connectivity index (χ1) is 7.34. The molecular formula is C13H16BrN. The summed E-state index contributed by atoms with van der Waals surface area (Å²) in [6.45, 7) is 0. The summed E-state index contributed by atoms with van der Waals surface area (Å²) in [7, 11) is 0. The highest BCUT2D eigenvalue weighted by Crippen LogP contribution is 2.20. The molecule has 1 nitrogen and oxygen atoms in total. The van der Waals surface area contributed by atoms with Gasteiger partial charge in [0.1, 0.15) is 0 Å². The van der Waals surface area contributed by atoms with Gasteiger partial charge in [-0.25, -0.2) is 0 Å². The zero-order valence-electron chi connectivity index (χ0n) is 8.82. The third kappa shape index (κ3) is 3.45. The molecule has 0 radical (unpaired) electrons. The summed E-state index contributed by atoms with van der Waals surface area (Å²) >= 11 is 3.43. The minimum atomic E-state index is 0.572. The van der Waals surface area contributed by atoms with E-state index < -0.39 is 0 Å². The van der Waals surface area contributed by atoms with Gasteiger partial charge in [0.05, 0.1) is 0 Å². The molecular weight excluding hydrogens is 250 g/mol. The van der Waals surface area contributed by atoms with Crippen LogP contribution in [-0.2, 0) is 0 Å². The smallest absolute Gasteiger partial charge is 0.0499 e. The SMILES string of the molecule is Brc1ccc(C=NC2CCCCC2)cc1. The summed E-state index contributed by atoms with van der Waals surface area (Å²) in [5.41, 5.74) is 1.20. The molecule has 0 unspecified atom stereocenters. The maximum absolute atomic E-state index is 4.64. The quantitative estimate of drug-likeness (QED) is 0.711. The van der Waals surface area contributed by atoms with Crippen LogP contribution in [0, 0.1) is 0 Å².